The molecule has 0 radical (unpaired) electrons. The number of halogens is 1. The molecule has 1 heterocycles. The van der Waals surface area contributed by atoms with Crippen LogP contribution < -0.4 is 5.73 Å². The predicted octanol–water partition coefficient (Wildman–Crippen LogP) is 3.47. The summed E-state index contributed by atoms with van der Waals surface area (Å²) >= 11 is 0. The van der Waals surface area contributed by atoms with Gasteiger partial charge in [-0.1, -0.05) is 12.1 Å². The number of nitrogens with two attached hydrogens (primary N) is 1. The van der Waals surface area contributed by atoms with Crippen molar-refractivity contribution >= 4 is 0 Å². The minimum atomic E-state index is -0.219. The fourth-order valence-electron chi connectivity index (χ4n) is 2.61. The zero-order valence-electron chi connectivity index (χ0n) is 12.0. The Labute approximate surface area is 124 Å². The molecule has 2 aromatic rings. The van der Waals surface area contributed by atoms with Crippen LogP contribution in [0, 0.1) is 5.82 Å². The lowest BCUT2D eigenvalue weighted by atomic mass is 10.0. The molecule has 0 aliphatic heterocycles. The molecule has 3 nitrogen and oxygen atoms in total. The van der Waals surface area contributed by atoms with Crippen molar-refractivity contribution in [2.45, 2.75) is 37.9 Å². The third-order valence-corrected chi connectivity index (χ3v) is 4.03. The second-order valence-corrected chi connectivity index (χ2v) is 5.73. The average Bonchev–Trinajstić information content (AvgIpc) is 3.21. The van der Waals surface area contributed by atoms with Crippen molar-refractivity contribution < 1.29 is 8.81 Å². The molecule has 0 spiro atoms. The van der Waals surface area contributed by atoms with Crippen LogP contribution in [-0.4, -0.2) is 17.5 Å². The van der Waals surface area contributed by atoms with Crippen LogP contribution in [0.15, 0.2) is 47.1 Å². The van der Waals surface area contributed by atoms with E-state index in [1.807, 2.05) is 12.1 Å². The molecule has 0 amide bonds. The summed E-state index contributed by atoms with van der Waals surface area (Å²) in [7, 11) is 0. The molecule has 1 aliphatic rings. The van der Waals surface area contributed by atoms with Gasteiger partial charge in [0.15, 0.2) is 0 Å². The summed E-state index contributed by atoms with van der Waals surface area (Å²) in [5.41, 5.74) is 7.21. The van der Waals surface area contributed by atoms with E-state index in [4.69, 9.17) is 10.2 Å². The Bertz CT molecular complexity index is 549. The van der Waals surface area contributed by atoms with Gasteiger partial charge in [0.2, 0.25) is 0 Å². The topological polar surface area (TPSA) is 42.4 Å². The molecule has 0 bridgehead atoms. The van der Waals surface area contributed by atoms with E-state index >= 15 is 0 Å². The average molecular weight is 288 g/mol. The van der Waals surface area contributed by atoms with Crippen molar-refractivity contribution in [3.05, 3.63) is 59.8 Å². The van der Waals surface area contributed by atoms with Gasteiger partial charge in [0, 0.05) is 18.6 Å². The number of nitrogens with zero attached hydrogens (tertiary/aromatic N) is 1. The third-order valence-electron chi connectivity index (χ3n) is 4.03. The zero-order valence-corrected chi connectivity index (χ0v) is 12.0. The largest absolute Gasteiger partial charge is 0.468 e. The Balaban J connectivity index is 1.55. The highest BCUT2D eigenvalue weighted by molar-refractivity contribution is 5.19. The standard InChI is InChI=1S/C17H21FN2O/c18-14-5-3-13(4-6-14)17(19)9-10-20(15-7-8-15)12-16-2-1-11-21-16/h1-6,11,15,17H,7-10,12,19H2. The SMILES string of the molecule is NC(CCN(Cc1ccco1)C1CC1)c1ccc(F)cc1. The third kappa shape index (κ3) is 3.93. The maximum Gasteiger partial charge on any atom is 0.123 e. The van der Waals surface area contributed by atoms with Gasteiger partial charge in [0.1, 0.15) is 11.6 Å². The van der Waals surface area contributed by atoms with Crippen LogP contribution in [0.25, 0.3) is 0 Å². The Hall–Kier alpha value is -1.65. The monoisotopic (exact) mass is 288 g/mol. The molecular weight excluding hydrogens is 267 g/mol. The molecular formula is C17H21FN2O. The number of rotatable bonds is 7. The first-order valence-corrected chi connectivity index (χ1v) is 7.50. The fourth-order valence-corrected chi connectivity index (χ4v) is 2.61. The highest BCUT2D eigenvalue weighted by Crippen LogP contribution is 2.29. The first-order valence-electron chi connectivity index (χ1n) is 7.50. The number of furan rings is 1. The normalized spacial score (nSPS) is 16.3. The molecule has 1 unspecified atom stereocenters. The van der Waals surface area contributed by atoms with Crippen LogP contribution in [-0.2, 0) is 6.54 Å². The highest BCUT2D eigenvalue weighted by atomic mass is 19.1. The summed E-state index contributed by atoms with van der Waals surface area (Å²) in [6.07, 6.45) is 5.09. The van der Waals surface area contributed by atoms with Gasteiger partial charge in [-0.05, 0) is 49.1 Å². The quantitative estimate of drug-likeness (QED) is 0.848. The zero-order chi connectivity index (χ0) is 14.7. The number of benzene rings is 1. The van der Waals surface area contributed by atoms with E-state index in [1.54, 1.807) is 18.4 Å². The first-order chi connectivity index (χ1) is 10.2. The predicted molar refractivity (Wildman–Crippen MR) is 80.1 cm³/mol. The van der Waals surface area contributed by atoms with Gasteiger partial charge in [0.05, 0.1) is 12.8 Å². The van der Waals surface area contributed by atoms with Crippen molar-refractivity contribution in [3.8, 4) is 0 Å². The molecule has 21 heavy (non-hydrogen) atoms. The number of hydrogen-bond acceptors (Lipinski definition) is 3. The van der Waals surface area contributed by atoms with Gasteiger partial charge < -0.3 is 10.2 Å². The molecule has 1 saturated carbocycles. The van der Waals surface area contributed by atoms with E-state index in [2.05, 4.69) is 4.90 Å². The maximum absolute atomic E-state index is 12.9. The van der Waals surface area contributed by atoms with E-state index < -0.39 is 0 Å². The number of hydrogen-bond donors (Lipinski definition) is 1. The van der Waals surface area contributed by atoms with E-state index in [1.165, 1.54) is 25.0 Å². The Kier molecular flexibility index (Phi) is 4.36. The van der Waals surface area contributed by atoms with E-state index in [9.17, 15) is 4.39 Å². The molecule has 2 N–H and O–H groups in total. The van der Waals surface area contributed by atoms with E-state index in [0.29, 0.717) is 6.04 Å². The summed E-state index contributed by atoms with van der Waals surface area (Å²) in [5, 5.41) is 0. The second kappa shape index (κ2) is 6.41. The Morgan fingerprint density at radius 3 is 2.62 bits per heavy atom. The molecule has 1 fully saturated rings. The van der Waals surface area contributed by atoms with Gasteiger partial charge in [-0.25, -0.2) is 4.39 Å². The van der Waals surface area contributed by atoms with E-state index in [-0.39, 0.29) is 11.9 Å². The summed E-state index contributed by atoms with van der Waals surface area (Å²) in [6, 6.07) is 11.0. The molecule has 0 saturated heterocycles. The van der Waals surface area contributed by atoms with Crippen molar-refractivity contribution in [1.29, 1.82) is 0 Å². The molecule has 4 heteroatoms. The maximum atomic E-state index is 12.9. The van der Waals surface area contributed by atoms with E-state index in [0.717, 1.165) is 30.8 Å². The second-order valence-electron chi connectivity index (χ2n) is 5.73. The lowest BCUT2D eigenvalue weighted by Crippen LogP contribution is -2.29. The van der Waals surface area contributed by atoms with Crippen LogP contribution in [0.2, 0.25) is 0 Å². The lowest BCUT2D eigenvalue weighted by Gasteiger charge is -2.23. The minimum absolute atomic E-state index is 0.0524. The molecule has 1 atom stereocenters. The molecule has 1 aromatic heterocycles. The van der Waals surface area contributed by atoms with Crippen molar-refractivity contribution in [2.75, 3.05) is 6.54 Å². The fraction of sp³-hybridized carbons (Fsp3) is 0.412. The molecule has 3 rings (SSSR count). The van der Waals surface area contributed by atoms with Crippen molar-refractivity contribution in [1.82, 2.24) is 4.90 Å². The molecule has 1 aromatic carbocycles. The smallest absolute Gasteiger partial charge is 0.123 e. The summed E-state index contributed by atoms with van der Waals surface area (Å²) in [5.74, 6) is 0.778. The Morgan fingerprint density at radius 1 is 1.24 bits per heavy atom. The summed E-state index contributed by atoms with van der Waals surface area (Å²) in [6.45, 7) is 1.78. The van der Waals surface area contributed by atoms with Gasteiger partial charge in [-0.3, -0.25) is 4.90 Å². The van der Waals surface area contributed by atoms with Crippen LogP contribution in [0.1, 0.15) is 36.6 Å². The van der Waals surface area contributed by atoms with Crippen LogP contribution in [0.4, 0.5) is 4.39 Å². The summed E-state index contributed by atoms with van der Waals surface area (Å²) in [4.78, 5) is 2.43. The van der Waals surface area contributed by atoms with Gasteiger partial charge in [0.25, 0.3) is 0 Å². The first kappa shape index (κ1) is 14.3. The Morgan fingerprint density at radius 2 is 2.00 bits per heavy atom. The van der Waals surface area contributed by atoms with Crippen LogP contribution >= 0.6 is 0 Å². The van der Waals surface area contributed by atoms with Crippen LogP contribution in [0.3, 0.4) is 0 Å². The van der Waals surface area contributed by atoms with Gasteiger partial charge in [-0.15, -0.1) is 0 Å². The van der Waals surface area contributed by atoms with Crippen molar-refractivity contribution in [3.63, 3.8) is 0 Å². The summed E-state index contributed by atoms with van der Waals surface area (Å²) < 4.78 is 18.4. The minimum Gasteiger partial charge on any atom is -0.468 e. The van der Waals surface area contributed by atoms with Gasteiger partial charge in [-0.2, -0.15) is 0 Å². The van der Waals surface area contributed by atoms with Gasteiger partial charge >= 0.3 is 0 Å². The van der Waals surface area contributed by atoms with Crippen molar-refractivity contribution in [2.24, 2.45) is 5.73 Å². The lowest BCUT2D eigenvalue weighted by molar-refractivity contribution is 0.225. The molecule has 112 valence electrons. The highest BCUT2D eigenvalue weighted by Gasteiger charge is 2.29. The molecule has 1 aliphatic carbocycles. The van der Waals surface area contributed by atoms with Crippen LogP contribution in [0.5, 0.6) is 0 Å².